The number of aryl methyl sites for hydroxylation is 2. The van der Waals surface area contributed by atoms with Crippen LogP contribution in [0.15, 0.2) is 42.7 Å². The minimum absolute atomic E-state index is 0.157. The Balaban J connectivity index is 1.52. The summed E-state index contributed by atoms with van der Waals surface area (Å²) in [4.78, 5) is 20.6. The van der Waals surface area contributed by atoms with Crippen molar-refractivity contribution in [3.63, 3.8) is 0 Å². The number of hydrogen-bond acceptors (Lipinski definition) is 5. The minimum Gasteiger partial charge on any atom is -0.367 e. The highest BCUT2D eigenvalue weighted by atomic mass is 19.4. The van der Waals surface area contributed by atoms with Crippen molar-refractivity contribution in [2.75, 3.05) is 18.4 Å². The van der Waals surface area contributed by atoms with E-state index in [0.717, 1.165) is 35.7 Å². The summed E-state index contributed by atoms with van der Waals surface area (Å²) in [5.41, 5.74) is 1.16. The number of halogens is 3. The average molecular weight is 404 g/mol. The number of nitrogens with one attached hydrogen (secondary N) is 2. The number of anilines is 1. The van der Waals surface area contributed by atoms with Crippen LogP contribution >= 0.6 is 0 Å². The normalized spacial score (nSPS) is 11.3. The third kappa shape index (κ3) is 5.09. The van der Waals surface area contributed by atoms with Crippen molar-refractivity contribution in [2.45, 2.75) is 20.0 Å². The molecule has 0 unspecified atom stereocenters. The Morgan fingerprint density at radius 3 is 2.45 bits per heavy atom. The Hall–Kier alpha value is -3.43. The maximum absolute atomic E-state index is 12.6. The molecule has 0 aliphatic carbocycles. The van der Waals surface area contributed by atoms with Crippen LogP contribution < -0.4 is 10.6 Å². The monoisotopic (exact) mass is 404 g/mol. The fourth-order valence-corrected chi connectivity index (χ4v) is 2.68. The molecule has 2 aromatic heterocycles. The molecule has 29 heavy (non-hydrogen) atoms. The van der Waals surface area contributed by atoms with Crippen molar-refractivity contribution in [3.8, 4) is 5.82 Å². The lowest BCUT2D eigenvalue weighted by atomic mass is 10.1. The second-order valence-electron chi connectivity index (χ2n) is 6.36. The number of rotatable bonds is 6. The molecule has 0 saturated carbocycles. The quantitative estimate of drug-likeness (QED) is 0.617. The predicted octanol–water partition coefficient (Wildman–Crippen LogP) is 3.14. The fraction of sp³-hybridized carbons (Fsp3) is 0.263. The topological polar surface area (TPSA) is 84.7 Å². The van der Waals surface area contributed by atoms with E-state index in [0.29, 0.717) is 18.2 Å². The van der Waals surface area contributed by atoms with Crippen molar-refractivity contribution in [3.05, 3.63) is 65.2 Å². The Bertz CT molecular complexity index is 998. The number of carbonyl (C=O) groups is 1. The third-order valence-electron chi connectivity index (χ3n) is 4.04. The van der Waals surface area contributed by atoms with Gasteiger partial charge in [0.1, 0.15) is 5.82 Å². The van der Waals surface area contributed by atoms with E-state index in [1.807, 2.05) is 19.9 Å². The van der Waals surface area contributed by atoms with E-state index in [2.05, 4.69) is 25.7 Å². The molecule has 3 aromatic rings. The molecule has 3 rings (SSSR count). The Morgan fingerprint density at radius 2 is 1.83 bits per heavy atom. The van der Waals surface area contributed by atoms with E-state index in [1.165, 1.54) is 0 Å². The third-order valence-corrected chi connectivity index (χ3v) is 4.04. The van der Waals surface area contributed by atoms with Gasteiger partial charge in [-0.3, -0.25) is 9.78 Å². The highest BCUT2D eigenvalue weighted by Gasteiger charge is 2.30. The molecule has 0 spiro atoms. The molecule has 7 nitrogen and oxygen atoms in total. The van der Waals surface area contributed by atoms with Crippen LogP contribution in [0.2, 0.25) is 0 Å². The van der Waals surface area contributed by atoms with Crippen LogP contribution in [0.4, 0.5) is 19.0 Å². The fourth-order valence-electron chi connectivity index (χ4n) is 2.68. The molecule has 0 aliphatic rings. The van der Waals surface area contributed by atoms with Crippen molar-refractivity contribution in [1.29, 1.82) is 0 Å². The highest BCUT2D eigenvalue weighted by molar-refractivity contribution is 5.94. The highest BCUT2D eigenvalue weighted by Crippen LogP contribution is 2.29. The minimum atomic E-state index is -4.43. The summed E-state index contributed by atoms with van der Waals surface area (Å²) in [5, 5.41) is 10.0. The molecule has 0 fully saturated rings. The predicted molar refractivity (Wildman–Crippen MR) is 101 cm³/mol. The van der Waals surface area contributed by atoms with Crippen LogP contribution in [0.3, 0.4) is 0 Å². The van der Waals surface area contributed by atoms with Crippen LogP contribution in [0, 0.1) is 13.8 Å². The maximum atomic E-state index is 12.6. The van der Waals surface area contributed by atoms with Crippen LogP contribution in [0.1, 0.15) is 27.3 Å². The summed E-state index contributed by atoms with van der Waals surface area (Å²) >= 11 is 0. The molecule has 2 N–H and O–H groups in total. The van der Waals surface area contributed by atoms with Crippen LogP contribution in [0.25, 0.3) is 5.82 Å². The van der Waals surface area contributed by atoms with Crippen molar-refractivity contribution in [1.82, 2.24) is 25.1 Å². The van der Waals surface area contributed by atoms with Gasteiger partial charge >= 0.3 is 6.18 Å². The zero-order valence-electron chi connectivity index (χ0n) is 15.8. The molecule has 1 aromatic carbocycles. The number of amides is 1. The van der Waals surface area contributed by atoms with Gasteiger partial charge in [-0.25, -0.2) is 9.67 Å². The lowest BCUT2D eigenvalue weighted by Gasteiger charge is -2.10. The summed E-state index contributed by atoms with van der Waals surface area (Å²) < 4.78 is 39.4. The van der Waals surface area contributed by atoms with Gasteiger partial charge in [-0.1, -0.05) is 0 Å². The molecular formula is C19H19F3N6O. The van der Waals surface area contributed by atoms with E-state index >= 15 is 0 Å². The number of alkyl halides is 3. The van der Waals surface area contributed by atoms with E-state index < -0.39 is 17.6 Å². The number of nitrogens with zero attached hydrogens (tertiary/aromatic N) is 4. The first-order valence-electron chi connectivity index (χ1n) is 8.79. The van der Waals surface area contributed by atoms with Gasteiger partial charge in [-0.15, -0.1) is 0 Å². The van der Waals surface area contributed by atoms with E-state index in [9.17, 15) is 18.0 Å². The van der Waals surface area contributed by atoms with E-state index in [1.54, 1.807) is 17.1 Å². The molecular weight excluding hydrogens is 385 g/mol. The van der Waals surface area contributed by atoms with Gasteiger partial charge in [-0.2, -0.15) is 18.3 Å². The van der Waals surface area contributed by atoms with Gasteiger partial charge in [-0.05, 0) is 44.2 Å². The Morgan fingerprint density at radius 1 is 1.10 bits per heavy atom. The number of benzene rings is 1. The van der Waals surface area contributed by atoms with Crippen molar-refractivity contribution in [2.24, 2.45) is 0 Å². The van der Waals surface area contributed by atoms with Crippen LogP contribution in [0.5, 0.6) is 0 Å². The zero-order chi connectivity index (χ0) is 21.0. The molecule has 0 bridgehead atoms. The lowest BCUT2D eigenvalue weighted by molar-refractivity contribution is -0.137. The van der Waals surface area contributed by atoms with Crippen LogP contribution in [-0.2, 0) is 6.18 Å². The molecule has 10 heteroatoms. The Labute approximate surface area is 165 Å². The molecule has 0 aliphatic heterocycles. The van der Waals surface area contributed by atoms with E-state index in [-0.39, 0.29) is 12.1 Å². The molecule has 2 heterocycles. The molecule has 1 amide bonds. The van der Waals surface area contributed by atoms with Crippen molar-refractivity contribution < 1.29 is 18.0 Å². The van der Waals surface area contributed by atoms with Gasteiger partial charge < -0.3 is 10.6 Å². The average Bonchev–Trinajstić information content (AvgIpc) is 3.03. The maximum Gasteiger partial charge on any atom is 0.416 e. The molecule has 0 saturated heterocycles. The zero-order valence-corrected chi connectivity index (χ0v) is 15.8. The smallest absolute Gasteiger partial charge is 0.367 e. The Kier molecular flexibility index (Phi) is 5.81. The largest absolute Gasteiger partial charge is 0.416 e. The van der Waals surface area contributed by atoms with Gasteiger partial charge in [0.25, 0.3) is 5.91 Å². The lowest BCUT2D eigenvalue weighted by Crippen LogP contribution is -2.29. The number of carbonyl (C=O) groups excluding carboxylic acids is 1. The van der Waals surface area contributed by atoms with Crippen molar-refractivity contribution >= 4 is 11.7 Å². The number of aromatic nitrogens is 4. The molecule has 152 valence electrons. The van der Waals surface area contributed by atoms with Gasteiger partial charge in [0.15, 0.2) is 5.82 Å². The van der Waals surface area contributed by atoms with Gasteiger partial charge in [0, 0.05) is 24.3 Å². The van der Waals surface area contributed by atoms with Crippen LogP contribution in [-0.4, -0.2) is 38.7 Å². The second-order valence-corrected chi connectivity index (χ2v) is 6.36. The summed E-state index contributed by atoms with van der Waals surface area (Å²) in [6, 6.07) is 5.99. The van der Waals surface area contributed by atoms with Gasteiger partial charge in [0.2, 0.25) is 0 Å². The first kappa shape index (κ1) is 20.3. The molecule has 0 radical (unpaired) electrons. The van der Waals surface area contributed by atoms with Gasteiger partial charge in [0.05, 0.1) is 23.7 Å². The summed E-state index contributed by atoms with van der Waals surface area (Å²) in [6.07, 6.45) is -1.29. The standard InChI is InChI=1S/C19H19F3N6O/c1-12-9-13(2)28(27-12)17-11-23-10-16(26-17)24-7-8-25-18(29)14-3-5-15(6-4-14)19(20,21)22/h3-6,9-11H,7-8H2,1-2H3,(H,24,26)(H,25,29). The summed E-state index contributed by atoms with van der Waals surface area (Å²) in [6.45, 7) is 4.42. The first-order chi connectivity index (χ1) is 13.7. The second kappa shape index (κ2) is 8.29. The summed E-state index contributed by atoms with van der Waals surface area (Å²) in [7, 11) is 0. The first-order valence-corrected chi connectivity index (χ1v) is 8.79. The number of hydrogen-bond donors (Lipinski definition) is 2. The summed E-state index contributed by atoms with van der Waals surface area (Å²) in [5.74, 6) is 0.622. The SMILES string of the molecule is Cc1cc(C)n(-c2cncc(NCCNC(=O)c3ccc(C(F)(F)F)cc3)n2)n1. The molecule has 0 atom stereocenters. The van der Waals surface area contributed by atoms with E-state index in [4.69, 9.17) is 0 Å².